The SMILES string of the molecule is CCCN1CCc2cc(CC(C)C)cc(CNC[C@H](S)[C@H](Cc3cc(F)cc(F)c3)NC(C)=O)c21. The zero-order valence-electron chi connectivity index (χ0n) is 21.3. The van der Waals surface area contributed by atoms with Crippen molar-refractivity contribution in [1.82, 2.24) is 10.6 Å². The van der Waals surface area contributed by atoms with E-state index in [2.05, 4.69) is 48.4 Å². The van der Waals surface area contributed by atoms with E-state index in [9.17, 15) is 13.6 Å². The highest BCUT2D eigenvalue weighted by atomic mass is 32.1. The van der Waals surface area contributed by atoms with E-state index in [-0.39, 0.29) is 17.2 Å². The quantitative estimate of drug-likeness (QED) is 0.354. The summed E-state index contributed by atoms with van der Waals surface area (Å²) in [5, 5.41) is 6.21. The van der Waals surface area contributed by atoms with E-state index >= 15 is 0 Å². The summed E-state index contributed by atoms with van der Waals surface area (Å²) in [6.07, 6.45) is 3.54. The fourth-order valence-corrected chi connectivity index (χ4v) is 5.35. The Bertz CT molecular complexity index is 994. The lowest BCUT2D eigenvalue weighted by Gasteiger charge is -2.26. The molecular formula is C28H39F2N3OS. The van der Waals surface area contributed by atoms with Gasteiger partial charge < -0.3 is 15.5 Å². The fraction of sp³-hybridized carbons (Fsp3) is 0.536. The molecule has 0 aliphatic carbocycles. The zero-order chi connectivity index (χ0) is 25.5. The van der Waals surface area contributed by atoms with Crippen LogP contribution in [0.15, 0.2) is 30.3 Å². The van der Waals surface area contributed by atoms with Gasteiger partial charge in [-0.3, -0.25) is 4.79 Å². The maximum Gasteiger partial charge on any atom is 0.217 e. The van der Waals surface area contributed by atoms with Crippen LogP contribution in [0.1, 0.15) is 56.4 Å². The number of benzene rings is 2. The molecule has 2 aromatic carbocycles. The average Bonchev–Trinajstić information content (AvgIpc) is 3.15. The smallest absolute Gasteiger partial charge is 0.217 e. The van der Waals surface area contributed by atoms with Gasteiger partial charge in [-0.15, -0.1) is 0 Å². The van der Waals surface area contributed by atoms with Crippen LogP contribution in [-0.4, -0.2) is 36.8 Å². The summed E-state index contributed by atoms with van der Waals surface area (Å²) in [7, 11) is 0. The molecule has 1 aliphatic rings. The number of hydrogen-bond donors (Lipinski definition) is 3. The molecule has 1 amide bonds. The Morgan fingerprint density at radius 1 is 1.09 bits per heavy atom. The number of nitrogens with zero attached hydrogens (tertiary/aromatic N) is 1. The first kappa shape index (κ1) is 27.5. The molecule has 2 aromatic rings. The first-order valence-electron chi connectivity index (χ1n) is 12.7. The highest BCUT2D eigenvalue weighted by molar-refractivity contribution is 7.81. The molecule has 4 nitrogen and oxygen atoms in total. The summed E-state index contributed by atoms with van der Waals surface area (Å²) in [5.41, 5.74) is 5.96. The van der Waals surface area contributed by atoms with Crippen LogP contribution in [0.3, 0.4) is 0 Å². The van der Waals surface area contributed by atoms with Gasteiger partial charge in [0.25, 0.3) is 0 Å². The lowest BCUT2D eigenvalue weighted by molar-refractivity contribution is -0.119. The van der Waals surface area contributed by atoms with Crippen LogP contribution in [0.5, 0.6) is 0 Å². The predicted octanol–water partition coefficient (Wildman–Crippen LogP) is 5.07. The molecule has 0 saturated carbocycles. The van der Waals surface area contributed by atoms with Gasteiger partial charge in [-0.2, -0.15) is 12.6 Å². The third-order valence-corrected chi connectivity index (χ3v) is 6.87. The summed E-state index contributed by atoms with van der Waals surface area (Å²) in [6, 6.07) is 7.80. The number of anilines is 1. The third kappa shape index (κ3) is 7.94. The Hall–Kier alpha value is -2.12. The molecule has 0 radical (unpaired) electrons. The van der Waals surface area contributed by atoms with E-state index in [4.69, 9.17) is 12.6 Å². The average molecular weight is 504 g/mol. The third-order valence-electron chi connectivity index (χ3n) is 6.33. The molecule has 2 N–H and O–H groups in total. The predicted molar refractivity (Wildman–Crippen MR) is 143 cm³/mol. The first-order valence-corrected chi connectivity index (χ1v) is 13.2. The van der Waals surface area contributed by atoms with Gasteiger partial charge in [0.2, 0.25) is 5.91 Å². The Morgan fingerprint density at radius 2 is 1.77 bits per heavy atom. The number of rotatable bonds is 12. The number of carbonyl (C=O) groups excluding carboxylic acids is 1. The van der Waals surface area contributed by atoms with Crippen molar-refractivity contribution >= 4 is 24.2 Å². The van der Waals surface area contributed by atoms with E-state index in [0.29, 0.717) is 31.0 Å². The maximum absolute atomic E-state index is 13.7. The van der Waals surface area contributed by atoms with Crippen LogP contribution in [0.4, 0.5) is 14.5 Å². The summed E-state index contributed by atoms with van der Waals surface area (Å²) >= 11 is 4.75. The number of nitrogens with one attached hydrogen (secondary N) is 2. The lowest BCUT2D eigenvalue weighted by Crippen LogP contribution is -2.45. The summed E-state index contributed by atoms with van der Waals surface area (Å²) in [4.78, 5) is 14.3. The highest BCUT2D eigenvalue weighted by Crippen LogP contribution is 2.34. The molecule has 192 valence electrons. The normalized spacial score (nSPS) is 14.8. The Kier molecular flexibility index (Phi) is 9.99. The number of halogens is 2. The molecule has 0 fully saturated rings. The molecule has 0 unspecified atom stereocenters. The van der Waals surface area contributed by atoms with Crippen molar-refractivity contribution in [3.8, 4) is 0 Å². The molecule has 7 heteroatoms. The van der Waals surface area contributed by atoms with Crippen LogP contribution in [0, 0.1) is 17.6 Å². The second kappa shape index (κ2) is 12.7. The van der Waals surface area contributed by atoms with Crippen LogP contribution in [-0.2, 0) is 30.6 Å². The van der Waals surface area contributed by atoms with Gasteiger partial charge in [-0.25, -0.2) is 8.78 Å². The monoisotopic (exact) mass is 503 g/mol. The molecule has 1 aliphatic heterocycles. The molecule has 3 rings (SSSR count). The second-order valence-electron chi connectivity index (χ2n) is 10.1. The molecule has 0 bridgehead atoms. The van der Waals surface area contributed by atoms with Crippen LogP contribution in [0.25, 0.3) is 0 Å². The topological polar surface area (TPSA) is 44.4 Å². The minimum Gasteiger partial charge on any atom is -0.371 e. The summed E-state index contributed by atoms with van der Waals surface area (Å²) < 4.78 is 27.4. The van der Waals surface area contributed by atoms with Gasteiger partial charge >= 0.3 is 0 Å². The highest BCUT2D eigenvalue weighted by Gasteiger charge is 2.24. The lowest BCUT2D eigenvalue weighted by atomic mass is 9.96. The second-order valence-corrected chi connectivity index (χ2v) is 10.7. The van der Waals surface area contributed by atoms with Crippen molar-refractivity contribution in [3.05, 3.63) is 64.2 Å². The molecule has 0 aromatic heterocycles. The van der Waals surface area contributed by atoms with Crippen LogP contribution >= 0.6 is 12.6 Å². The van der Waals surface area contributed by atoms with Crippen molar-refractivity contribution in [2.24, 2.45) is 5.92 Å². The molecule has 2 atom stereocenters. The number of carbonyl (C=O) groups is 1. The van der Waals surface area contributed by atoms with Gasteiger partial charge in [0.1, 0.15) is 11.6 Å². The van der Waals surface area contributed by atoms with Crippen LogP contribution < -0.4 is 15.5 Å². The first-order chi connectivity index (χ1) is 16.7. The van der Waals surface area contributed by atoms with Crippen molar-refractivity contribution < 1.29 is 13.6 Å². The summed E-state index contributed by atoms with van der Waals surface area (Å²) in [6.45, 7) is 11.5. The van der Waals surface area contributed by atoms with Gasteiger partial charge in [0.15, 0.2) is 0 Å². The van der Waals surface area contributed by atoms with Crippen molar-refractivity contribution in [1.29, 1.82) is 0 Å². The van der Waals surface area contributed by atoms with Crippen molar-refractivity contribution in [2.45, 2.75) is 71.2 Å². The number of fused-ring (bicyclic) bond motifs is 1. The molecule has 35 heavy (non-hydrogen) atoms. The molecule has 0 spiro atoms. The number of hydrogen-bond acceptors (Lipinski definition) is 4. The largest absolute Gasteiger partial charge is 0.371 e. The Labute approximate surface area is 214 Å². The maximum atomic E-state index is 13.7. The van der Waals surface area contributed by atoms with E-state index in [1.165, 1.54) is 41.4 Å². The summed E-state index contributed by atoms with van der Waals surface area (Å²) in [5.74, 6) is -0.848. The minimum atomic E-state index is -0.623. The van der Waals surface area contributed by atoms with Gasteiger partial charge in [-0.05, 0) is 66.0 Å². The van der Waals surface area contributed by atoms with Crippen molar-refractivity contribution in [3.63, 3.8) is 0 Å². The zero-order valence-corrected chi connectivity index (χ0v) is 22.2. The van der Waals surface area contributed by atoms with E-state index in [0.717, 1.165) is 38.4 Å². The molecular weight excluding hydrogens is 464 g/mol. The van der Waals surface area contributed by atoms with E-state index in [1.54, 1.807) is 0 Å². The Morgan fingerprint density at radius 3 is 2.40 bits per heavy atom. The number of thiol groups is 1. The van der Waals surface area contributed by atoms with E-state index in [1.807, 2.05) is 0 Å². The van der Waals surface area contributed by atoms with E-state index < -0.39 is 11.6 Å². The van der Waals surface area contributed by atoms with Crippen molar-refractivity contribution in [2.75, 3.05) is 24.5 Å². The van der Waals surface area contributed by atoms with Crippen LogP contribution in [0.2, 0.25) is 0 Å². The van der Waals surface area contributed by atoms with Gasteiger partial charge in [-0.1, -0.05) is 32.9 Å². The molecule has 0 saturated heterocycles. The number of amides is 1. The molecule has 1 heterocycles. The van der Waals surface area contributed by atoms with Gasteiger partial charge in [0, 0.05) is 56.1 Å². The minimum absolute atomic E-state index is 0.194. The van der Waals surface area contributed by atoms with Gasteiger partial charge in [0.05, 0.1) is 0 Å². The Balaban J connectivity index is 1.71. The fourth-order valence-electron chi connectivity index (χ4n) is 5.04. The standard InChI is InChI=1S/C28H39F2N3OS/c1-5-7-33-8-6-22-10-20(9-18(2)3)11-23(28(22)33)16-31-17-27(35)26(32-19(4)34)14-21-12-24(29)15-25(30)13-21/h10-13,15,18,26-27,31,35H,5-9,14,16-17H2,1-4H3,(H,32,34)/t26-,27-/m0/s1.